The highest BCUT2D eigenvalue weighted by molar-refractivity contribution is 6.95. The summed E-state index contributed by atoms with van der Waals surface area (Å²) in [4.78, 5) is 12.2. The molecule has 0 saturated heterocycles. The fourth-order valence-corrected chi connectivity index (χ4v) is 5.37. The second kappa shape index (κ2) is 7.93. The molecule has 0 fully saturated rings. The zero-order valence-corrected chi connectivity index (χ0v) is 15.1. The van der Waals surface area contributed by atoms with Gasteiger partial charge in [0.2, 0.25) is 0 Å². The first-order chi connectivity index (χ1) is 11.0. The maximum Gasteiger partial charge on any atom is 0.309 e. The molecule has 2 aromatic carbocycles. The van der Waals surface area contributed by atoms with E-state index in [9.17, 15) is 4.79 Å². The maximum atomic E-state index is 12.2. The van der Waals surface area contributed by atoms with Crippen LogP contribution in [-0.2, 0) is 16.1 Å². The van der Waals surface area contributed by atoms with Gasteiger partial charge in [0.25, 0.3) is 0 Å². The molecule has 0 bridgehead atoms. The monoisotopic (exact) mass is 324 g/mol. The van der Waals surface area contributed by atoms with Crippen molar-refractivity contribution < 1.29 is 9.53 Å². The van der Waals surface area contributed by atoms with Gasteiger partial charge in [0.15, 0.2) is 0 Å². The minimum Gasteiger partial charge on any atom is -0.461 e. The van der Waals surface area contributed by atoms with Gasteiger partial charge < -0.3 is 4.74 Å². The Morgan fingerprint density at radius 1 is 1.00 bits per heavy atom. The molecule has 0 amide bonds. The van der Waals surface area contributed by atoms with Crippen LogP contribution in [0.1, 0.15) is 18.9 Å². The normalized spacial score (nSPS) is 12.0. The van der Waals surface area contributed by atoms with Crippen LogP contribution in [0.5, 0.6) is 0 Å². The molecule has 0 atom stereocenters. The highest BCUT2D eigenvalue weighted by Crippen LogP contribution is 2.19. The molecule has 23 heavy (non-hydrogen) atoms. The highest BCUT2D eigenvalue weighted by atomic mass is 28.3. The van der Waals surface area contributed by atoms with Crippen LogP contribution in [0.2, 0.25) is 13.1 Å². The number of benzene rings is 2. The zero-order chi connectivity index (χ0) is 16.7. The van der Waals surface area contributed by atoms with Gasteiger partial charge in [-0.15, -0.1) is 0 Å². The third-order valence-electron chi connectivity index (χ3n) is 4.22. The standard InChI is InChI=1S/C20H24O2Si/c1-4-18(23(2,3)19-13-9-6-10-14-19)15-20(21)22-16-17-11-7-5-8-12-17/h4-14H,15-16H2,1-3H3. The summed E-state index contributed by atoms with van der Waals surface area (Å²) in [5.74, 6) is -0.154. The van der Waals surface area contributed by atoms with E-state index in [-0.39, 0.29) is 5.97 Å². The SMILES string of the molecule is CC=C(CC(=O)OCc1ccccc1)[Si](C)(C)c1ccccc1. The Morgan fingerprint density at radius 2 is 1.57 bits per heavy atom. The maximum absolute atomic E-state index is 12.2. The Hall–Kier alpha value is -2.13. The predicted molar refractivity (Wildman–Crippen MR) is 98.2 cm³/mol. The summed E-state index contributed by atoms with van der Waals surface area (Å²) in [5.41, 5.74) is 1.02. The molecule has 0 radical (unpaired) electrons. The number of carbonyl (C=O) groups is 1. The second-order valence-corrected chi connectivity index (χ2v) is 10.6. The molecule has 2 nitrogen and oxygen atoms in total. The van der Waals surface area contributed by atoms with E-state index in [0.29, 0.717) is 13.0 Å². The van der Waals surface area contributed by atoms with Crippen LogP contribution in [0.4, 0.5) is 0 Å². The molecule has 0 aromatic heterocycles. The van der Waals surface area contributed by atoms with E-state index in [1.807, 2.05) is 43.3 Å². The average molecular weight is 324 g/mol. The molecule has 120 valence electrons. The lowest BCUT2D eigenvalue weighted by molar-refractivity contribution is -0.144. The molecule has 0 saturated carbocycles. The number of allylic oxidation sites excluding steroid dienone is 1. The molecule has 0 N–H and O–H groups in total. The number of carbonyl (C=O) groups excluding carboxylic acids is 1. The third kappa shape index (κ3) is 4.67. The third-order valence-corrected chi connectivity index (χ3v) is 8.07. The van der Waals surface area contributed by atoms with E-state index in [2.05, 4.69) is 43.4 Å². The van der Waals surface area contributed by atoms with Gasteiger partial charge in [-0.3, -0.25) is 4.79 Å². The Morgan fingerprint density at radius 3 is 2.13 bits per heavy atom. The predicted octanol–water partition coefficient (Wildman–Crippen LogP) is 4.22. The first-order valence-electron chi connectivity index (χ1n) is 7.94. The topological polar surface area (TPSA) is 26.3 Å². The Bertz CT molecular complexity index is 661. The van der Waals surface area contributed by atoms with Crippen molar-refractivity contribution in [3.63, 3.8) is 0 Å². The van der Waals surface area contributed by atoms with E-state index in [1.165, 1.54) is 10.4 Å². The van der Waals surface area contributed by atoms with Crippen LogP contribution >= 0.6 is 0 Å². The quantitative estimate of drug-likeness (QED) is 0.587. The van der Waals surface area contributed by atoms with E-state index >= 15 is 0 Å². The fourth-order valence-electron chi connectivity index (χ4n) is 2.67. The number of rotatable bonds is 6. The molecule has 3 heteroatoms. The van der Waals surface area contributed by atoms with Gasteiger partial charge in [0, 0.05) is 0 Å². The van der Waals surface area contributed by atoms with Crippen molar-refractivity contribution in [2.45, 2.75) is 33.0 Å². The fraction of sp³-hybridized carbons (Fsp3) is 0.250. The Labute approximate surface area is 139 Å². The van der Waals surface area contributed by atoms with Crippen LogP contribution in [0.3, 0.4) is 0 Å². The summed E-state index contributed by atoms with van der Waals surface area (Å²) in [6.07, 6.45) is 2.46. The molecule has 0 spiro atoms. The second-order valence-electron chi connectivity index (χ2n) is 6.13. The van der Waals surface area contributed by atoms with Crippen molar-refractivity contribution in [3.8, 4) is 0 Å². The summed E-state index contributed by atoms with van der Waals surface area (Å²) < 4.78 is 5.43. The van der Waals surface area contributed by atoms with Crippen LogP contribution in [-0.4, -0.2) is 14.0 Å². The minimum atomic E-state index is -1.82. The first kappa shape index (κ1) is 17.2. The smallest absolute Gasteiger partial charge is 0.309 e. The van der Waals surface area contributed by atoms with E-state index in [1.54, 1.807) is 0 Å². The summed E-state index contributed by atoms with van der Waals surface area (Å²) in [6, 6.07) is 20.2. The molecule has 0 heterocycles. The van der Waals surface area contributed by atoms with Gasteiger partial charge in [-0.1, -0.05) is 90.2 Å². The Kier molecular flexibility index (Phi) is 5.94. The lowest BCUT2D eigenvalue weighted by atomic mass is 10.2. The van der Waals surface area contributed by atoms with Crippen molar-refractivity contribution in [2.24, 2.45) is 0 Å². The van der Waals surface area contributed by atoms with Crippen LogP contribution in [0.15, 0.2) is 71.9 Å². The largest absolute Gasteiger partial charge is 0.461 e. The summed E-state index contributed by atoms with van der Waals surface area (Å²) in [7, 11) is -1.82. The van der Waals surface area contributed by atoms with E-state index < -0.39 is 8.07 Å². The first-order valence-corrected chi connectivity index (χ1v) is 10.9. The van der Waals surface area contributed by atoms with Crippen LogP contribution < -0.4 is 5.19 Å². The molecule has 0 unspecified atom stereocenters. The lowest BCUT2D eigenvalue weighted by Crippen LogP contribution is -2.44. The van der Waals surface area contributed by atoms with Gasteiger partial charge in [-0.2, -0.15) is 0 Å². The van der Waals surface area contributed by atoms with Gasteiger partial charge in [0.05, 0.1) is 6.42 Å². The van der Waals surface area contributed by atoms with Gasteiger partial charge in [0.1, 0.15) is 14.7 Å². The van der Waals surface area contributed by atoms with Gasteiger partial charge in [-0.25, -0.2) is 0 Å². The van der Waals surface area contributed by atoms with E-state index in [0.717, 1.165) is 5.56 Å². The van der Waals surface area contributed by atoms with Crippen LogP contribution in [0.25, 0.3) is 0 Å². The number of hydrogen-bond acceptors (Lipinski definition) is 2. The summed E-state index contributed by atoms with van der Waals surface area (Å²) >= 11 is 0. The minimum absolute atomic E-state index is 0.154. The van der Waals surface area contributed by atoms with Crippen LogP contribution in [0, 0.1) is 0 Å². The summed E-state index contributed by atoms with van der Waals surface area (Å²) in [6.45, 7) is 6.91. The molecule has 0 aliphatic carbocycles. The van der Waals surface area contributed by atoms with Crippen molar-refractivity contribution in [1.82, 2.24) is 0 Å². The molecular weight excluding hydrogens is 300 g/mol. The molecule has 0 aliphatic heterocycles. The number of esters is 1. The highest BCUT2D eigenvalue weighted by Gasteiger charge is 2.29. The average Bonchev–Trinajstić information content (AvgIpc) is 2.59. The molecule has 2 aromatic rings. The molecule has 2 rings (SSSR count). The van der Waals surface area contributed by atoms with Gasteiger partial charge in [-0.05, 0) is 12.5 Å². The number of hydrogen-bond donors (Lipinski definition) is 0. The Balaban J connectivity index is 2.00. The van der Waals surface area contributed by atoms with E-state index in [4.69, 9.17) is 4.74 Å². The number of ether oxygens (including phenoxy) is 1. The van der Waals surface area contributed by atoms with Crippen molar-refractivity contribution in [1.29, 1.82) is 0 Å². The van der Waals surface area contributed by atoms with Gasteiger partial charge >= 0.3 is 5.97 Å². The molecule has 0 aliphatic rings. The summed E-state index contributed by atoms with van der Waals surface area (Å²) in [5, 5.41) is 2.55. The van der Waals surface area contributed by atoms with Crippen molar-refractivity contribution in [3.05, 3.63) is 77.5 Å². The van der Waals surface area contributed by atoms with Crippen molar-refractivity contribution >= 4 is 19.2 Å². The zero-order valence-electron chi connectivity index (χ0n) is 14.1. The lowest BCUT2D eigenvalue weighted by Gasteiger charge is -2.26. The molecular formula is C20H24O2Si. The van der Waals surface area contributed by atoms with Crippen molar-refractivity contribution in [2.75, 3.05) is 0 Å².